The van der Waals surface area contributed by atoms with Crippen molar-refractivity contribution in [2.75, 3.05) is 13.2 Å². The molecule has 2 aliphatic heterocycles. The number of nitriles is 1. The van der Waals surface area contributed by atoms with Crippen LogP contribution in [-0.4, -0.2) is 41.3 Å². The topological polar surface area (TPSA) is 85.5 Å². The van der Waals surface area contributed by atoms with Crippen molar-refractivity contribution in [2.45, 2.75) is 17.9 Å². The van der Waals surface area contributed by atoms with Crippen LogP contribution in [0.3, 0.4) is 0 Å². The fourth-order valence-corrected chi connectivity index (χ4v) is 1.79. The van der Waals surface area contributed by atoms with Crippen molar-refractivity contribution in [3.05, 3.63) is 0 Å². The third kappa shape index (κ3) is 0.934. The highest BCUT2D eigenvalue weighted by Gasteiger charge is 2.54. The van der Waals surface area contributed by atoms with Gasteiger partial charge in [-0.25, -0.2) is 0 Å². The van der Waals surface area contributed by atoms with Crippen molar-refractivity contribution in [2.24, 2.45) is 5.92 Å². The highest BCUT2D eigenvalue weighted by atomic mass is 16.6. The summed E-state index contributed by atoms with van der Waals surface area (Å²) in [6.07, 6.45) is -0.370. The van der Waals surface area contributed by atoms with Gasteiger partial charge in [0.05, 0.1) is 24.1 Å². The molecule has 3 atom stereocenters. The molecular weight excluding hydrogens is 160 g/mol. The van der Waals surface area contributed by atoms with Crippen molar-refractivity contribution in [3.8, 4) is 6.07 Å². The van der Waals surface area contributed by atoms with E-state index in [1.54, 1.807) is 0 Å². The van der Waals surface area contributed by atoms with E-state index in [9.17, 15) is 10.2 Å². The number of hydrogen-bond acceptors (Lipinski definition) is 5. The fourth-order valence-electron chi connectivity index (χ4n) is 1.79. The van der Waals surface area contributed by atoms with Gasteiger partial charge in [-0.05, 0) is 0 Å². The van der Waals surface area contributed by atoms with Crippen molar-refractivity contribution < 1.29 is 14.9 Å². The van der Waals surface area contributed by atoms with E-state index < -0.39 is 11.8 Å². The summed E-state index contributed by atoms with van der Waals surface area (Å²) < 4.78 is 5.11. The second-order valence-electron chi connectivity index (χ2n) is 3.28. The van der Waals surface area contributed by atoms with Crippen LogP contribution in [0.1, 0.15) is 0 Å². The van der Waals surface area contributed by atoms with E-state index >= 15 is 0 Å². The first-order valence-corrected chi connectivity index (χ1v) is 3.84. The van der Waals surface area contributed by atoms with E-state index in [0.29, 0.717) is 6.54 Å². The lowest BCUT2D eigenvalue weighted by molar-refractivity contribution is -0.169. The van der Waals surface area contributed by atoms with Gasteiger partial charge in [0.1, 0.15) is 6.61 Å². The molecule has 0 aromatic carbocycles. The van der Waals surface area contributed by atoms with Gasteiger partial charge in [0.2, 0.25) is 5.79 Å². The molecule has 2 saturated heterocycles. The summed E-state index contributed by atoms with van der Waals surface area (Å²) in [7, 11) is 0. The fraction of sp³-hybridized carbons (Fsp3) is 0.857. The maximum absolute atomic E-state index is 9.34. The summed E-state index contributed by atoms with van der Waals surface area (Å²) in [4.78, 5) is 0. The molecule has 2 fully saturated rings. The zero-order valence-corrected chi connectivity index (χ0v) is 6.40. The summed E-state index contributed by atoms with van der Waals surface area (Å²) in [5.41, 5.74) is 0. The quantitative estimate of drug-likeness (QED) is 0.373. The Morgan fingerprint density at radius 3 is 3.00 bits per heavy atom. The van der Waals surface area contributed by atoms with E-state index in [2.05, 4.69) is 11.4 Å². The average molecular weight is 170 g/mol. The van der Waals surface area contributed by atoms with Crippen LogP contribution in [0.5, 0.6) is 0 Å². The van der Waals surface area contributed by atoms with Crippen molar-refractivity contribution in [1.29, 1.82) is 5.26 Å². The standard InChI is InChI=1S/C7H10N2O3/c8-1-4-2-9-6-5(4)12-3-7(6,10)11/h4-6,9-11H,2-3H2/t4?,5-,6+/m1/s1. The number of hydrogen-bond donors (Lipinski definition) is 3. The largest absolute Gasteiger partial charge is 0.369 e. The predicted octanol–water partition coefficient (Wildman–Crippen LogP) is -1.82. The lowest BCUT2D eigenvalue weighted by Crippen LogP contribution is -2.48. The first-order chi connectivity index (χ1) is 5.65. The van der Waals surface area contributed by atoms with Crippen LogP contribution in [0.15, 0.2) is 0 Å². The Kier molecular flexibility index (Phi) is 1.59. The van der Waals surface area contributed by atoms with Crippen LogP contribution < -0.4 is 5.32 Å². The maximum Gasteiger partial charge on any atom is 0.205 e. The van der Waals surface area contributed by atoms with Gasteiger partial charge < -0.3 is 20.3 Å². The number of nitrogens with zero attached hydrogens (tertiary/aromatic N) is 1. The minimum atomic E-state index is -1.81. The minimum absolute atomic E-state index is 0.118. The first-order valence-electron chi connectivity index (χ1n) is 3.84. The van der Waals surface area contributed by atoms with Gasteiger partial charge in [0, 0.05) is 6.54 Å². The van der Waals surface area contributed by atoms with Gasteiger partial charge in [-0.2, -0.15) is 5.26 Å². The summed E-state index contributed by atoms with van der Waals surface area (Å²) >= 11 is 0. The summed E-state index contributed by atoms with van der Waals surface area (Å²) in [6, 6.07) is 1.55. The van der Waals surface area contributed by atoms with Crippen molar-refractivity contribution in [3.63, 3.8) is 0 Å². The van der Waals surface area contributed by atoms with Gasteiger partial charge in [0.15, 0.2) is 0 Å². The van der Waals surface area contributed by atoms with Crippen LogP contribution in [0.25, 0.3) is 0 Å². The van der Waals surface area contributed by atoms with E-state index in [0.717, 1.165) is 0 Å². The SMILES string of the molecule is N#CC1CN[C@H]2[C@@H]1OCC2(O)O. The van der Waals surface area contributed by atoms with Crippen LogP contribution in [0.2, 0.25) is 0 Å². The number of fused-ring (bicyclic) bond motifs is 1. The average Bonchev–Trinajstić information content (AvgIpc) is 2.53. The van der Waals surface area contributed by atoms with Crippen molar-refractivity contribution in [1.82, 2.24) is 5.32 Å². The molecule has 2 aliphatic rings. The second-order valence-corrected chi connectivity index (χ2v) is 3.28. The van der Waals surface area contributed by atoms with Crippen LogP contribution in [0.4, 0.5) is 0 Å². The molecule has 0 saturated carbocycles. The summed E-state index contributed by atoms with van der Waals surface area (Å²) in [5, 5.41) is 30.2. The third-order valence-electron chi connectivity index (χ3n) is 2.43. The molecule has 0 amide bonds. The Morgan fingerprint density at radius 1 is 1.58 bits per heavy atom. The van der Waals surface area contributed by atoms with E-state index in [-0.39, 0.29) is 18.6 Å². The number of rotatable bonds is 0. The normalized spacial score (nSPS) is 43.9. The molecule has 2 heterocycles. The van der Waals surface area contributed by atoms with E-state index in [4.69, 9.17) is 10.00 Å². The number of ether oxygens (including phenoxy) is 1. The molecule has 0 aliphatic carbocycles. The molecule has 5 nitrogen and oxygen atoms in total. The molecule has 1 unspecified atom stereocenters. The van der Waals surface area contributed by atoms with E-state index in [1.807, 2.05) is 0 Å². The molecule has 0 bridgehead atoms. The van der Waals surface area contributed by atoms with Gasteiger partial charge in [-0.3, -0.25) is 0 Å². The van der Waals surface area contributed by atoms with Crippen LogP contribution in [0, 0.1) is 17.2 Å². The zero-order chi connectivity index (χ0) is 8.77. The third-order valence-corrected chi connectivity index (χ3v) is 2.43. The monoisotopic (exact) mass is 170 g/mol. The van der Waals surface area contributed by atoms with E-state index in [1.165, 1.54) is 0 Å². The maximum atomic E-state index is 9.34. The number of aliphatic hydroxyl groups is 2. The first kappa shape index (κ1) is 7.95. The summed E-state index contributed by atoms with van der Waals surface area (Å²) in [6.45, 7) is 0.349. The Balaban J connectivity index is 2.18. The van der Waals surface area contributed by atoms with Crippen LogP contribution in [-0.2, 0) is 4.74 Å². The highest BCUT2D eigenvalue weighted by molar-refractivity contribution is 5.09. The van der Waals surface area contributed by atoms with Gasteiger partial charge in [-0.15, -0.1) is 0 Å². The molecular formula is C7H10N2O3. The second kappa shape index (κ2) is 2.41. The Bertz CT molecular complexity index is 235. The summed E-state index contributed by atoms with van der Waals surface area (Å²) in [5.74, 6) is -2.08. The Labute approximate surface area is 69.6 Å². The molecule has 0 aromatic rings. The Morgan fingerprint density at radius 2 is 2.33 bits per heavy atom. The lowest BCUT2D eigenvalue weighted by Gasteiger charge is -2.20. The molecule has 0 aromatic heterocycles. The Hall–Kier alpha value is -0.670. The molecule has 0 spiro atoms. The molecule has 66 valence electrons. The zero-order valence-electron chi connectivity index (χ0n) is 6.40. The highest BCUT2D eigenvalue weighted by Crippen LogP contribution is 2.31. The minimum Gasteiger partial charge on any atom is -0.369 e. The molecule has 5 heteroatoms. The lowest BCUT2D eigenvalue weighted by atomic mass is 10.0. The number of nitrogens with one attached hydrogen (secondary N) is 1. The van der Waals surface area contributed by atoms with Gasteiger partial charge >= 0.3 is 0 Å². The molecule has 3 N–H and O–H groups in total. The molecule has 12 heavy (non-hydrogen) atoms. The molecule has 2 rings (SSSR count). The van der Waals surface area contributed by atoms with Crippen LogP contribution >= 0.6 is 0 Å². The molecule has 0 radical (unpaired) electrons. The van der Waals surface area contributed by atoms with Gasteiger partial charge in [-0.1, -0.05) is 0 Å². The predicted molar refractivity (Wildman–Crippen MR) is 37.8 cm³/mol. The van der Waals surface area contributed by atoms with Crippen molar-refractivity contribution >= 4 is 0 Å². The van der Waals surface area contributed by atoms with Gasteiger partial charge in [0.25, 0.3) is 0 Å². The smallest absolute Gasteiger partial charge is 0.205 e.